The zero-order valence-electron chi connectivity index (χ0n) is 6.19. The van der Waals surface area contributed by atoms with Gasteiger partial charge in [0.2, 0.25) is 0 Å². The predicted molar refractivity (Wildman–Crippen MR) is 41.5 cm³/mol. The summed E-state index contributed by atoms with van der Waals surface area (Å²) in [5.74, 6) is -1.55. The van der Waals surface area contributed by atoms with Gasteiger partial charge in [0.05, 0.1) is 11.1 Å². The van der Waals surface area contributed by atoms with Crippen LogP contribution in [-0.2, 0) is 0 Å². The van der Waals surface area contributed by atoms with Gasteiger partial charge in [-0.05, 0) is 6.07 Å². The van der Waals surface area contributed by atoms with E-state index in [1.807, 2.05) is 0 Å². The number of pyridine rings is 1. The number of hydrogen-bond acceptors (Lipinski definition) is 4. The maximum atomic E-state index is 11.1. The van der Waals surface area contributed by atoms with Crippen molar-refractivity contribution in [2.75, 3.05) is 0 Å². The van der Waals surface area contributed by atoms with E-state index in [4.69, 9.17) is 16.8 Å². The number of hydroxylamine groups is 2. The lowest BCUT2D eigenvalue weighted by molar-refractivity contribution is -0.0327. The van der Waals surface area contributed by atoms with Crippen LogP contribution >= 0.6 is 11.6 Å². The summed E-state index contributed by atoms with van der Waals surface area (Å²) in [4.78, 5) is 25.8. The van der Waals surface area contributed by atoms with Gasteiger partial charge in [-0.15, -0.1) is 5.06 Å². The smallest absolute Gasteiger partial charge is 0.278 e. The van der Waals surface area contributed by atoms with Crippen LogP contribution in [0.15, 0.2) is 12.3 Å². The first-order valence-electron chi connectivity index (χ1n) is 3.34. The Bertz CT molecular complexity index is 418. The fourth-order valence-electron chi connectivity index (χ4n) is 1.10. The molecule has 0 bridgehead atoms. The molecule has 0 spiro atoms. The van der Waals surface area contributed by atoms with Crippen molar-refractivity contribution in [3.63, 3.8) is 0 Å². The molecule has 2 amide bonds. The average Bonchev–Trinajstić information content (AvgIpc) is 2.32. The minimum absolute atomic E-state index is 0.0443. The molecule has 0 fully saturated rings. The van der Waals surface area contributed by atoms with Crippen LogP contribution in [0.5, 0.6) is 0 Å². The lowest BCUT2D eigenvalue weighted by atomic mass is 10.2. The standard InChI is InChI=1S/C7H3ClN2O3/c8-5-1-3-4(2-9-5)7(12)10(13)6(3)11/h1-2,13H. The minimum Gasteiger partial charge on any atom is -0.278 e. The van der Waals surface area contributed by atoms with Gasteiger partial charge >= 0.3 is 0 Å². The molecule has 0 unspecified atom stereocenters. The molecule has 0 aliphatic carbocycles. The molecule has 1 aromatic heterocycles. The summed E-state index contributed by atoms with van der Waals surface area (Å²) in [5.41, 5.74) is 0.143. The van der Waals surface area contributed by atoms with Gasteiger partial charge in [0, 0.05) is 6.20 Å². The Morgan fingerprint density at radius 2 is 1.92 bits per heavy atom. The summed E-state index contributed by atoms with van der Waals surface area (Å²) in [6.07, 6.45) is 1.16. The Kier molecular flexibility index (Phi) is 1.58. The van der Waals surface area contributed by atoms with E-state index in [1.54, 1.807) is 0 Å². The van der Waals surface area contributed by atoms with E-state index in [9.17, 15) is 9.59 Å². The Hall–Kier alpha value is -1.46. The third kappa shape index (κ3) is 1.01. The maximum absolute atomic E-state index is 11.1. The number of carbonyl (C=O) groups is 2. The second-order valence-corrected chi connectivity index (χ2v) is 2.86. The van der Waals surface area contributed by atoms with Gasteiger partial charge in [-0.3, -0.25) is 14.8 Å². The highest BCUT2D eigenvalue weighted by Gasteiger charge is 2.35. The highest BCUT2D eigenvalue weighted by molar-refractivity contribution is 6.30. The molecule has 1 aromatic rings. The zero-order valence-corrected chi connectivity index (χ0v) is 6.95. The summed E-state index contributed by atoms with van der Waals surface area (Å²) >= 11 is 5.51. The molecule has 5 nitrogen and oxygen atoms in total. The van der Waals surface area contributed by atoms with Crippen molar-refractivity contribution in [2.24, 2.45) is 0 Å². The number of nitrogens with zero attached hydrogens (tertiary/aromatic N) is 2. The molecule has 1 aliphatic heterocycles. The van der Waals surface area contributed by atoms with Gasteiger partial charge < -0.3 is 0 Å². The number of aromatic nitrogens is 1. The van der Waals surface area contributed by atoms with Crippen LogP contribution in [0, 0.1) is 0 Å². The summed E-state index contributed by atoms with van der Waals surface area (Å²) in [6.45, 7) is 0. The molecular weight excluding hydrogens is 196 g/mol. The third-order valence-electron chi connectivity index (χ3n) is 1.72. The van der Waals surface area contributed by atoms with E-state index >= 15 is 0 Å². The summed E-state index contributed by atoms with van der Waals surface area (Å²) < 4.78 is 0. The highest BCUT2D eigenvalue weighted by atomic mass is 35.5. The van der Waals surface area contributed by atoms with Gasteiger partial charge in [-0.25, -0.2) is 4.98 Å². The van der Waals surface area contributed by atoms with Crippen molar-refractivity contribution < 1.29 is 14.8 Å². The van der Waals surface area contributed by atoms with Crippen molar-refractivity contribution in [1.29, 1.82) is 0 Å². The van der Waals surface area contributed by atoms with E-state index in [1.165, 1.54) is 6.07 Å². The number of hydrogen-bond donors (Lipinski definition) is 1. The van der Waals surface area contributed by atoms with Crippen LogP contribution in [0.25, 0.3) is 0 Å². The monoisotopic (exact) mass is 198 g/mol. The number of halogens is 1. The molecular formula is C7H3ClN2O3. The molecule has 66 valence electrons. The van der Waals surface area contributed by atoms with Crippen molar-refractivity contribution in [2.45, 2.75) is 0 Å². The van der Waals surface area contributed by atoms with Crippen LogP contribution in [-0.4, -0.2) is 27.1 Å². The van der Waals surface area contributed by atoms with Crippen LogP contribution in [0.4, 0.5) is 0 Å². The fraction of sp³-hybridized carbons (Fsp3) is 0. The van der Waals surface area contributed by atoms with Gasteiger partial charge in [0.1, 0.15) is 5.15 Å². The van der Waals surface area contributed by atoms with E-state index in [0.29, 0.717) is 0 Å². The quantitative estimate of drug-likeness (QED) is 0.379. The molecule has 2 heterocycles. The van der Waals surface area contributed by atoms with Gasteiger partial charge in [-0.1, -0.05) is 11.6 Å². The highest BCUT2D eigenvalue weighted by Crippen LogP contribution is 2.22. The van der Waals surface area contributed by atoms with E-state index < -0.39 is 11.8 Å². The number of imide groups is 1. The van der Waals surface area contributed by atoms with Gasteiger partial charge in [0.25, 0.3) is 11.8 Å². The first kappa shape index (κ1) is 8.15. The third-order valence-corrected chi connectivity index (χ3v) is 1.92. The van der Waals surface area contributed by atoms with Crippen LogP contribution in [0.1, 0.15) is 20.7 Å². The molecule has 1 N–H and O–H groups in total. The SMILES string of the molecule is O=C1c2cnc(Cl)cc2C(=O)N1O. The fourth-order valence-corrected chi connectivity index (χ4v) is 1.26. The molecule has 6 heteroatoms. The van der Waals surface area contributed by atoms with Gasteiger partial charge in [0.15, 0.2) is 0 Å². The van der Waals surface area contributed by atoms with E-state index in [2.05, 4.69) is 4.98 Å². The first-order valence-corrected chi connectivity index (χ1v) is 3.72. The van der Waals surface area contributed by atoms with Crippen molar-refractivity contribution in [1.82, 2.24) is 10.0 Å². The second-order valence-electron chi connectivity index (χ2n) is 2.47. The number of carbonyl (C=O) groups excluding carboxylic acids is 2. The molecule has 13 heavy (non-hydrogen) atoms. The lowest BCUT2D eigenvalue weighted by Crippen LogP contribution is -2.25. The molecule has 0 aromatic carbocycles. The Balaban J connectivity index is 2.67. The van der Waals surface area contributed by atoms with Crippen molar-refractivity contribution >= 4 is 23.4 Å². The summed E-state index contributed by atoms with van der Waals surface area (Å²) in [5, 5.41) is 9.09. The molecule has 0 saturated carbocycles. The molecule has 2 rings (SSSR count). The number of fused-ring (bicyclic) bond motifs is 1. The Morgan fingerprint density at radius 1 is 1.31 bits per heavy atom. The molecule has 0 atom stereocenters. The van der Waals surface area contributed by atoms with Crippen LogP contribution < -0.4 is 0 Å². The minimum atomic E-state index is -0.774. The summed E-state index contributed by atoms with van der Waals surface area (Å²) in [6, 6.07) is 1.24. The zero-order chi connectivity index (χ0) is 9.59. The Labute approximate surface area is 77.5 Å². The normalized spacial score (nSPS) is 15.1. The molecule has 1 aliphatic rings. The van der Waals surface area contributed by atoms with E-state index in [-0.39, 0.29) is 21.3 Å². The largest absolute Gasteiger partial charge is 0.287 e. The second kappa shape index (κ2) is 2.51. The van der Waals surface area contributed by atoms with Crippen LogP contribution in [0.2, 0.25) is 5.15 Å². The number of amides is 2. The summed E-state index contributed by atoms with van der Waals surface area (Å²) in [7, 11) is 0. The number of rotatable bonds is 0. The van der Waals surface area contributed by atoms with Gasteiger partial charge in [-0.2, -0.15) is 0 Å². The average molecular weight is 199 g/mol. The van der Waals surface area contributed by atoms with Crippen molar-refractivity contribution in [3.8, 4) is 0 Å². The lowest BCUT2D eigenvalue weighted by Gasteiger charge is -1.99. The molecule has 0 saturated heterocycles. The Morgan fingerprint density at radius 3 is 2.62 bits per heavy atom. The first-order chi connectivity index (χ1) is 6.11. The maximum Gasteiger partial charge on any atom is 0.287 e. The molecule has 0 radical (unpaired) electrons. The van der Waals surface area contributed by atoms with Crippen molar-refractivity contribution in [3.05, 3.63) is 28.5 Å². The topological polar surface area (TPSA) is 70.5 Å². The van der Waals surface area contributed by atoms with Crippen LogP contribution in [0.3, 0.4) is 0 Å². The van der Waals surface area contributed by atoms with E-state index in [0.717, 1.165) is 6.20 Å². The predicted octanol–water partition coefficient (Wildman–Crippen LogP) is 0.720.